The van der Waals surface area contributed by atoms with Crippen molar-refractivity contribution in [1.29, 1.82) is 0 Å². The van der Waals surface area contributed by atoms with Crippen LogP contribution in [0.2, 0.25) is 0 Å². The van der Waals surface area contributed by atoms with Gasteiger partial charge in [0.2, 0.25) is 0 Å². The van der Waals surface area contributed by atoms with Crippen molar-refractivity contribution in [3.05, 3.63) is 29.8 Å². The minimum Gasteiger partial charge on any atom is -0.508 e. The molecule has 1 amide bonds. The van der Waals surface area contributed by atoms with E-state index in [0.717, 1.165) is 6.42 Å². The van der Waals surface area contributed by atoms with Gasteiger partial charge in [-0.15, -0.1) is 0 Å². The predicted octanol–water partition coefficient (Wildman–Crippen LogP) is 1.46. The number of aromatic hydroxyl groups is 1. The van der Waals surface area contributed by atoms with Gasteiger partial charge in [0.15, 0.2) is 6.61 Å². The zero-order valence-corrected chi connectivity index (χ0v) is 10.5. The maximum absolute atomic E-state index is 11.5. The third-order valence-corrected chi connectivity index (χ3v) is 2.46. The van der Waals surface area contributed by atoms with Gasteiger partial charge in [-0.3, -0.25) is 4.79 Å². The third kappa shape index (κ3) is 4.45. The van der Waals surface area contributed by atoms with Gasteiger partial charge in [0.25, 0.3) is 5.91 Å². The number of benzene rings is 1. The predicted molar refractivity (Wildman–Crippen MR) is 66.3 cm³/mol. The Morgan fingerprint density at radius 1 is 1.33 bits per heavy atom. The number of ether oxygens (including phenoxy) is 1. The zero-order chi connectivity index (χ0) is 13.5. The van der Waals surface area contributed by atoms with E-state index in [-0.39, 0.29) is 24.3 Å². The lowest BCUT2D eigenvalue weighted by molar-refractivity contribution is -0.124. The van der Waals surface area contributed by atoms with Crippen LogP contribution in [0.4, 0.5) is 0 Å². The van der Waals surface area contributed by atoms with E-state index in [4.69, 9.17) is 9.84 Å². The van der Waals surface area contributed by atoms with Crippen LogP contribution in [0, 0.1) is 0 Å². The highest BCUT2D eigenvalue weighted by Gasteiger charge is 2.11. The maximum Gasteiger partial charge on any atom is 0.338 e. The van der Waals surface area contributed by atoms with Gasteiger partial charge in [0.05, 0.1) is 5.56 Å². The van der Waals surface area contributed by atoms with E-state index in [2.05, 4.69) is 5.32 Å². The number of rotatable bonds is 5. The molecule has 1 rings (SSSR count). The summed E-state index contributed by atoms with van der Waals surface area (Å²) in [5.41, 5.74) is 0.295. The molecule has 5 heteroatoms. The lowest BCUT2D eigenvalue weighted by Crippen LogP contribution is -2.35. The van der Waals surface area contributed by atoms with E-state index >= 15 is 0 Å². The number of esters is 1. The molecule has 0 radical (unpaired) electrons. The van der Waals surface area contributed by atoms with Gasteiger partial charge in [-0.05, 0) is 37.6 Å². The lowest BCUT2D eigenvalue weighted by atomic mass is 10.2. The van der Waals surface area contributed by atoms with Crippen LogP contribution in [0.25, 0.3) is 0 Å². The second-order valence-corrected chi connectivity index (χ2v) is 4.00. The molecule has 18 heavy (non-hydrogen) atoms. The molecule has 5 nitrogen and oxygen atoms in total. The number of carbonyl (C=O) groups is 2. The Morgan fingerprint density at radius 2 is 1.94 bits per heavy atom. The van der Waals surface area contributed by atoms with Gasteiger partial charge in [0.1, 0.15) is 5.75 Å². The number of hydrogen-bond donors (Lipinski definition) is 2. The van der Waals surface area contributed by atoms with Gasteiger partial charge in [-0.1, -0.05) is 6.92 Å². The quantitative estimate of drug-likeness (QED) is 0.777. The topological polar surface area (TPSA) is 75.6 Å². The van der Waals surface area contributed by atoms with Gasteiger partial charge >= 0.3 is 5.97 Å². The monoisotopic (exact) mass is 251 g/mol. The van der Waals surface area contributed by atoms with Crippen molar-refractivity contribution < 1.29 is 19.4 Å². The van der Waals surface area contributed by atoms with E-state index < -0.39 is 5.97 Å². The number of hydrogen-bond acceptors (Lipinski definition) is 4. The summed E-state index contributed by atoms with van der Waals surface area (Å²) < 4.78 is 4.84. The largest absolute Gasteiger partial charge is 0.508 e. The van der Waals surface area contributed by atoms with Crippen LogP contribution in [0.3, 0.4) is 0 Å². The summed E-state index contributed by atoms with van der Waals surface area (Å²) in [4.78, 5) is 22.9. The molecule has 0 saturated heterocycles. The maximum atomic E-state index is 11.5. The zero-order valence-electron chi connectivity index (χ0n) is 10.5. The first-order valence-electron chi connectivity index (χ1n) is 5.78. The summed E-state index contributed by atoms with van der Waals surface area (Å²) in [5.74, 6) is -0.841. The Bertz CT molecular complexity index is 414. The number of phenolic OH excluding ortho intramolecular Hbond substituents is 1. The van der Waals surface area contributed by atoms with E-state index in [1.54, 1.807) is 0 Å². The molecular weight excluding hydrogens is 234 g/mol. The molecule has 0 aliphatic carbocycles. The molecule has 0 saturated carbocycles. The van der Waals surface area contributed by atoms with Crippen LogP contribution in [0.15, 0.2) is 24.3 Å². The SMILES string of the molecule is CC[C@H](C)NC(=O)COC(=O)c1ccc(O)cc1. The van der Waals surface area contributed by atoms with Crippen molar-refractivity contribution in [2.24, 2.45) is 0 Å². The Balaban J connectivity index is 2.41. The summed E-state index contributed by atoms with van der Waals surface area (Å²) in [5, 5.41) is 11.8. The summed E-state index contributed by atoms with van der Waals surface area (Å²) in [6.07, 6.45) is 0.817. The van der Waals surface area contributed by atoms with Crippen molar-refractivity contribution in [2.45, 2.75) is 26.3 Å². The first-order valence-corrected chi connectivity index (χ1v) is 5.78. The Morgan fingerprint density at radius 3 is 2.50 bits per heavy atom. The second kappa shape index (κ2) is 6.64. The third-order valence-electron chi connectivity index (χ3n) is 2.46. The van der Waals surface area contributed by atoms with Crippen molar-refractivity contribution in [2.75, 3.05) is 6.61 Å². The second-order valence-electron chi connectivity index (χ2n) is 4.00. The highest BCUT2D eigenvalue weighted by Crippen LogP contribution is 2.10. The Hall–Kier alpha value is -2.04. The normalized spacial score (nSPS) is 11.7. The standard InChI is InChI=1S/C13H17NO4/c1-3-9(2)14-12(16)8-18-13(17)10-4-6-11(15)7-5-10/h4-7,9,15H,3,8H2,1-2H3,(H,14,16)/t9-/m0/s1. The molecule has 2 N–H and O–H groups in total. The summed E-state index contributed by atoms with van der Waals surface area (Å²) in [6.45, 7) is 3.52. The van der Waals surface area contributed by atoms with Gasteiger partial charge in [-0.25, -0.2) is 4.79 Å². The molecule has 1 aromatic carbocycles. The highest BCUT2D eigenvalue weighted by molar-refractivity contribution is 5.91. The number of nitrogens with one attached hydrogen (secondary N) is 1. The summed E-state index contributed by atoms with van der Waals surface area (Å²) >= 11 is 0. The van der Waals surface area contributed by atoms with Crippen molar-refractivity contribution in [3.8, 4) is 5.75 Å². The minimum atomic E-state index is -0.589. The number of amides is 1. The molecule has 0 bridgehead atoms. The van der Waals surface area contributed by atoms with Crippen LogP contribution in [-0.2, 0) is 9.53 Å². The Kier molecular flexibility index (Phi) is 5.17. The molecule has 0 unspecified atom stereocenters. The Labute approximate surface area is 106 Å². The van der Waals surface area contributed by atoms with Crippen molar-refractivity contribution in [1.82, 2.24) is 5.32 Å². The van der Waals surface area contributed by atoms with E-state index in [0.29, 0.717) is 5.56 Å². The van der Waals surface area contributed by atoms with Crippen LogP contribution < -0.4 is 5.32 Å². The van der Waals surface area contributed by atoms with Gasteiger partial charge in [-0.2, -0.15) is 0 Å². The molecule has 98 valence electrons. The summed E-state index contributed by atoms with van der Waals surface area (Å²) in [7, 11) is 0. The van der Waals surface area contributed by atoms with Gasteiger partial charge < -0.3 is 15.2 Å². The molecule has 0 spiro atoms. The number of carbonyl (C=O) groups excluding carboxylic acids is 2. The number of phenols is 1. The molecular formula is C13H17NO4. The molecule has 0 fully saturated rings. The van der Waals surface area contributed by atoms with E-state index in [1.807, 2.05) is 13.8 Å². The van der Waals surface area contributed by atoms with Crippen LogP contribution >= 0.6 is 0 Å². The fourth-order valence-corrected chi connectivity index (χ4v) is 1.23. The van der Waals surface area contributed by atoms with Crippen LogP contribution in [0.1, 0.15) is 30.6 Å². The molecule has 0 heterocycles. The molecule has 1 aromatic rings. The minimum absolute atomic E-state index is 0.0601. The van der Waals surface area contributed by atoms with Crippen molar-refractivity contribution in [3.63, 3.8) is 0 Å². The smallest absolute Gasteiger partial charge is 0.338 e. The highest BCUT2D eigenvalue weighted by atomic mass is 16.5. The fraction of sp³-hybridized carbons (Fsp3) is 0.385. The van der Waals surface area contributed by atoms with E-state index in [9.17, 15) is 9.59 Å². The van der Waals surface area contributed by atoms with Crippen LogP contribution in [-0.4, -0.2) is 29.6 Å². The molecule has 0 aliphatic heterocycles. The first kappa shape index (κ1) is 14.0. The average Bonchev–Trinajstić information content (AvgIpc) is 2.36. The molecule has 1 atom stereocenters. The summed E-state index contributed by atoms with van der Waals surface area (Å²) in [6, 6.07) is 5.70. The molecule has 0 aromatic heterocycles. The van der Waals surface area contributed by atoms with E-state index in [1.165, 1.54) is 24.3 Å². The van der Waals surface area contributed by atoms with Crippen molar-refractivity contribution >= 4 is 11.9 Å². The average molecular weight is 251 g/mol. The van der Waals surface area contributed by atoms with Gasteiger partial charge in [0, 0.05) is 6.04 Å². The first-order chi connectivity index (χ1) is 8.52. The molecule has 0 aliphatic rings. The van der Waals surface area contributed by atoms with Crippen LogP contribution in [0.5, 0.6) is 5.75 Å². The lowest BCUT2D eigenvalue weighted by Gasteiger charge is -2.11. The fourth-order valence-electron chi connectivity index (χ4n) is 1.23.